The van der Waals surface area contributed by atoms with Crippen molar-refractivity contribution in [3.05, 3.63) is 116 Å². The van der Waals surface area contributed by atoms with Crippen LogP contribution in [0.5, 0.6) is 0 Å². The fraction of sp³-hybridized carbons (Fsp3) is 0. The molecule has 0 atom stereocenters. The summed E-state index contributed by atoms with van der Waals surface area (Å²) in [5, 5.41) is 10.9. The van der Waals surface area contributed by atoms with E-state index >= 15 is 0 Å². The van der Waals surface area contributed by atoms with Crippen LogP contribution in [0.3, 0.4) is 0 Å². The fourth-order valence-electron chi connectivity index (χ4n) is 6.88. The number of benzene rings is 5. The highest BCUT2D eigenvalue weighted by Gasteiger charge is 2.24. The summed E-state index contributed by atoms with van der Waals surface area (Å²) in [7, 11) is 0. The van der Waals surface area contributed by atoms with Gasteiger partial charge in [0.1, 0.15) is 0 Å². The van der Waals surface area contributed by atoms with Crippen LogP contribution in [0.25, 0.3) is 87.7 Å². The standard InChI is InChI=1S/C35H19N5/c1-2-9-21-17-29-26(16-20(21)8-1)32-31-24-12-4-6-14-28(24)40(35-37-19-22-10-7-15-36-34(22)38-35)30(31)18-25-23-11-3-5-13-27(23)39(29)33(25)32/h1-19H. The van der Waals surface area contributed by atoms with Crippen molar-refractivity contribution in [2.24, 2.45) is 0 Å². The third-order valence-electron chi connectivity index (χ3n) is 8.51. The highest BCUT2D eigenvalue weighted by atomic mass is 15.2. The molecule has 0 spiro atoms. The van der Waals surface area contributed by atoms with Gasteiger partial charge in [0.25, 0.3) is 0 Å². The second-order valence-electron chi connectivity index (χ2n) is 10.5. The summed E-state index contributed by atoms with van der Waals surface area (Å²) < 4.78 is 4.67. The average molecular weight is 510 g/mol. The van der Waals surface area contributed by atoms with Gasteiger partial charge in [0.05, 0.1) is 27.6 Å². The molecule has 0 saturated heterocycles. The van der Waals surface area contributed by atoms with Crippen LogP contribution in [-0.4, -0.2) is 23.9 Å². The van der Waals surface area contributed by atoms with Crippen LogP contribution in [0.4, 0.5) is 0 Å². The lowest BCUT2D eigenvalue weighted by atomic mass is 10.0. The molecule has 10 rings (SSSR count). The zero-order valence-electron chi connectivity index (χ0n) is 21.2. The molecule has 0 aliphatic heterocycles. The molecule has 0 saturated carbocycles. The molecule has 0 N–H and O–H groups in total. The van der Waals surface area contributed by atoms with Crippen LogP contribution in [0, 0.1) is 0 Å². The van der Waals surface area contributed by atoms with E-state index in [4.69, 9.17) is 9.97 Å². The van der Waals surface area contributed by atoms with Crippen molar-refractivity contribution in [3.8, 4) is 5.95 Å². The Balaban J connectivity index is 1.51. The zero-order valence-corrected chi connectivity index (χ0v) is 21.2. The molecule has 184 valence electrons. The molecule has 40 heavy (non-hydrogen) atoms. The Kier molecular flexibility index (Phi) is 3.62. The average Bonchev–Trinajstić information content (AvgIpc) is 3.63. The molecule has 0 aliphatic carbocycles. The molecule has 0 amide bonds. The maximum absolute atomic E-state index is 4.94. The zero-order chi connectivity index (χ0) is 25.9. The lowest BCUT2D eigenvalue weighted by molar-refractivity contribution is 1.00. The lowest BCUT2D eigenvalue weighted by Gasteiger charge is -2.07. The molecule has 5 nitrogen and oxygen atoms in total. The Bertz CT molecular complexity index is 2660. The number of aromatic nitrogens is 5. The number of fused-ring (bicyclic) bond motifs is 12. The quantitative estimate of drug-likeness (QED) is 0.223. The number of pyridine rings is 1. The van der Waals surface area contributed by atoms with Gasteiger partial charge in [-0.3, -0.25) is 4.57 Å². The first kappa shape index (κ1) is 20.4. The Labute approximate surface area is 226 Å². The predicted molar refractivity (Wildman–Crippen MR) is 164 cm³/mol. The van der Waals surface area contributed by atoms with E-state index in [2.05, 4.69) is 105 Å². The predicted octanol–water partition coefficient (Wildman–Crippen LogP) is 8.43. The minimum atomic E-state index is 0.629. The van der Waals surface area contributed by atoms with Crippen molar-refractivity contribution < 1.29 is 0 Å². The van der Waals surface area contributed by atoms with Crippen molar-refractivity contribution in [2.45, 2.75) is 0 Å². The van der Waals surface area contributed by atoms with E-state index in [1.54, 1.807) is 6.20 Å². The monoisotopic (exact) mass is 509 g/mol. The van der Waals surface area contributed by atoms with E-state index in [0.29, 0.717) is 11.6 Å². The molecule has 5 heteroatoms. The summed E-state index contributed by atoms with van der Waals surface area (Å²) in [6, 6.07) is 36.9. The van der Waals surface area contributed by atoms with Crippen molar-refractivity contribution in [1.29, 1.82) is 0 Å². The summed E-state index contributed by atoms with van der Waals surface area (Å²) in [5.74, 6) is 0.629. The largest absolute Gasteiger partial charge is 0.308 e. The maximum Gasteiger partial charge on any atom is 0.236 e. The number of para-hydroxylation sites is 2. The lowest BCUT2D eigenvalue weighted by Crippen LogP contribution is -2.01. The van der Waals surface area contributed by atoms with Gasteiger partial charge in [0.15, 0.2) is 5.65 Å². The first-order valence-electron chi connectivity index (χ1n) is 13.5. The molecule has 5 aromatic heterocycles. The van der Waals surface area contributed by atoms with E-state index in [1.807, 2.05) is 18.3 Å². The van der Waals surface area contributed by atoms with Gasteiger partial charge in [-0.25, -0.2) is 9.97 Å². The van der Waals surface area contributed by atoms with Gasteiger partial charge in [0.2, 0.25) is 5.95 Å². The molecule has 0 fully saturated rings. The third-order valence-corrected chi connectivity index (χ3v) is 8.51. The maximum atomic E-state index is 4.94. The number of rotatable bonds is 1. The number of hydrogen-bond acceptors (Lipinski definition) is 3. The van der Waals surface area contributed by atoms with Crippen LogP contribution in [0.15, 0.2) is 116 Å². The summed E-state index contributed by atoms with van der Waals surface area (Å²) >= 11 is 0. The first-order chi connectivity index (χ1) is 19.8. The molecule has 5 heterocycles. The van der Waals surface area contributed by atoms with E-state index < -0.39 is 0 Å². The number of nitrogens with zero attached hydrogens (tertiary/aromatic N) is 5. The van der Waals surface area contributed by atoms with Gasteiger partial charge < -0.3 is 4.40 Å². The van der Waals surface area contributed by atoms with Gasteiger partial charge >= 0.3 is 0 Å². The number of hydrogen-bond donors (Lipinski definition) is 0. The van der Waals surface area contributed by atoms with Crippen LogP contribution < -0.4 is 0 Å². The second kappa shape index (κ2) is 7.10. The summed E-state index contributed by atoms with van der Waals surface area (Å²) in [6.07, 6.45) is 3.65. The van der Waals surface area contributed by atoms with Crippen molar-refractivity contribution >= 4 is 81.7 Å². The normalized spacial score (nSPS) is 12.5. The van der Waals surface area contributed by atoms with Crippen molar-refractivity contribution in [2.75, 3.05) is 0 Å². The topological polar surface area (TPSA) is 48.0 Å². The highest BCUT2D eigenvalue weighted by molar-refractivity contribution is 6.36. The Morgan fingerprint density at radius 3 is 2.15 bits per heavy atom. The Hall–Kier alpha value is -5.55. The van der Waals surface area contributed by atoms with E-state index in [1.165, 1.54) is 59.6 Å². The van der Waals surface area contributed by atoms with Gasteiger partial charge in [-0.05, 0) is 53.2 Å². The SMILES string of the molecule is c1ccc2cc3c(cc2c1)c1c2c4ccccc4n(-c4ncc5cccnc5n4)c2cc2c4ccccc4n3c21. The molecule has 0 aliphatic rings. The first-order valence-corrected chi connectivity index (χ1v) is 13.5. The molecule has 0 bridgehead atoms. The molecule has 5 aromatic carbocycles. The Morgan fingerprint density at radius 2 is 1.25 bits per heavy atom. The van der Waals surface area contributed by atoms with E-state index in [9.17, 15) is 0 Å². The summed E-state index contributed by atoms with van der Waals surface area (Å²) in [6.45, 7) is 0. The molecule has 0 radical (unpaired) electrons. The van der Waals surface area contributed by atoms with Gasteiger partial charge in [0, 0.05) is 50.1 Å². The minimum Gasteiger partial charge on any atom is -0.308 e. The smallest absolute Gasteiger partial charge is 0.236 e. The van der Waals surface area contributed by atoms with Gasteiger partial charge in [-0.1, -0.05) is 60.7 Å². The highest BCUT2D eigenvalue weighted by Crippen LogP contribution is 2.47. The molecular weight excluding hydrogens is 490 g/mol. The Morgan fingerprint density at radius 1 is 0.500 bits per heavy atom. The van der Waals surface area contributed by atoms with Crippen molar-refractivity contribution in [3.63, 3.8) is 0 Å². The van der Waals surface area contributed by atoms with Crippen molar-refractivity contribution in [1.82, 2.24) is 23.9 Å². The van der Waals surface area contributed by atoms with Crippen LogP contribution in [0.1, 0.15) is 0 Å². The fourth-order valence-corrected chi connectivity index (χ4v) is 6.88. The van der Waals surface area contributed by atoms with Crippen LogP contribution >= 0.6 is 0 Å². The molecule has 10 aromatic rings. The summed E-state index contributed by atoms with van der Waals surface area (Å²) in [4.78, 5) is 14.3. The molecule has 0 unspecified atom stereocenters. The van der Waals surface area contributed by atoms with Crippen LogP contribution in [-0.2, 0) is 0 Å². The van der Waals surface area contributed by atoms with Gasteiger partial charge in [-0.15, -0.1) is 0 Å². The molecular formula is C35H19N5. The van der Waals surface area contributed by atoms with E-state index in [0.717, 1.165) is 16.4 Å². The minimum absolute atomic E-state index is 0.629. The van der Waals surface area contributed by atoms with Gasteiger partial charge in [-0.2, -0.15) is 4.98 Å². The van der Waals surface area contributed by atoms with E-state index in [-0.39, 0.29) is 0 Å². The second-order valence-corrected chi connectivity index (χ2v) is 10.5. The summed E-state index contributed by atoms with van der Waals surface area (Å²) in [5.41, 5.74) is 6.60. The third kappa shape index (κ3) is 2.41. The van der Waals surface area contributed by atoms with Crippen LogP contribution in [0.2, 0.25) is 0 Å².